The van der Waals surface area contributed by atoms with E-state index in [1.54, 1.807) is 7.11 Å². The summed E-state index contributed by atoms with van der Waals surface area (Å²) < 4.78 is 7.24. The fourth-order valence-electron chi connectivity index (χ4n) is 1.89. The van der Waals surface area contributed by atoms with Crippen LogP contribution in [-0.2, 0) is 13.6 Å². The van der Waals surface area contributed by atoms with E-state index in [0.29, 0.717) is 6.54 Å². The van der Waals surface area contributed by atoms with E-state index < -0.39 is 0 Å². The molecule has 0 fully saturated rings. The van der Waals surface area contributed by atoms with Gasteiger partial charge in [-0.2, -0.15) is 0 Å². The van der Waals surface area contributed by atoms with Crippen molar-refractivity contribution in [2.75, 3.05) is 7.11 Å². The maximum atomic E-state index is 5.78. The van der Waals surface area contributed by atoms with Gasteiger partial charge >= 0.3 is 0 Å². The fourth-order valence-corrected chi connectivity index (χ4v) is 1.89. The topological polar surface area (TPSA) is 53.1 Å². The van der Waals surface area contributed by atoms with E-state index in [1.807, 2.05) is 42.8 Å². The monoisotopic (exact) mass is 231 g/mol. The average molecular weight is 231 g/mol. The summed E-state index contributed by atoms with van der Waals surface area (Å²) in [6.45, 7) is 2.45. The highest BCUT2D eigenvalue weighted by Gasteiger charge is 2.12. The van der Waals surface area contributed by atoms with Crippen LogP contribution < -0.4 is 10.5 Å². The van der Waals surface area contributed by atoms with Gasteiger partial charge in [0, 0.05) is 19.2 Å². The van der Waals surface area contributed by atoms with Gasteiger partial charge in [0.25, 0.3) is 0 Å². The van der Waals surface area contributed by atoms with Gasteiger partial charge in [-0.3, -0.25) is 0 Å². The van der Waals surface area contributed by atoms with Crippen molar-refractivity contribution in [3.05, 3.63) is 35.8 Å². The smallest absolute Gasteiger partial charge is 0.119 e. The molecule has 4 nitrogen and oxygen atoms in total. The SMILES string of the molecule is COc1cccc(-c2nc(C)n(C)c2CN)c1. The number of benzene rings is 1. The summed E-state index contributed by atoms with van der Waals surface area (Å²) in [5.74, 6) is 1.79. The molecule has 0 saturated heterocycles. The minimum atomic E-state index is 0.476. The van der Waals surface area contributed by atoms with E-state index in [0.717, 1.165) is 28.5 Å². The van der Waals surface area contributed by atoms with Crippen LogP contribution in [0.3, 0.4) is 0 Å². The molecule has 1 aromatic carbocycles. The first-order valence-electron chi connectivity index (χ1n) is 5.54. The molecule has 2 aromatic rings. The molecule has 4 heteroatoms. The lowest BCUT2D eigenvalue weighted by Gasteiger charge is -2.05. The van der Waals surface area contributed by atoms with Gasteiger partial charge in [0.05, 0.1) is 18.5 Å². The van der Waals surface area contributed by atoms with Gasteiger partial charge in [-0.25, -0.2) is 4.98 Å². The Morgan fingerprint density at radius 3 is 2.82 bits per heavy atom. The van der Waals surface area contributed by atoms with Gasteiger partial charge < -0.3 is 15.0 Å². The summed E-state index contributed by atoms with van der Waals surface area (Å²) in [6, 6.07) is 7.87. The van der Waals surface area contributed by atoms with Gasteiger partial charge in [-0.15, -0.1) is 0 Å². The van der Waals surface area contributed by atoms with Crippen molar-refractivity contribution in [1.29, 1.82) is 0 Å². The number of nitrogens with two attached hydrogens (primary N) is 1. The lowest BCUT2D eigenvalue weighted by Crippen LogP contribution is -2.05. The molecule has 2 N–H and O–H groups in total. The Hall–Kier alpha value is -1.81. The number of aryl methyl sites for hydroxylation is 1. The summed E-state index contributed by atoms with van der Waals surface area (Å²) in [5, 5.41) is 0. The minimum Gasteiger partial charge on any atom is -0.497 e. The van der Waals surface area contributed by atoms with Crippen molar-refractivity contribution < 1.29 is 4.74 Å². The Morgan fingerprint density at radius 1 is 1.41 bits per heavy atom. The van der Waals surface area contributed by atoms with Crippen LogP contribution in [0.4, 0.5) is 0 Å². The second kappa shape index (κ2) is 4.59. The van der Waals surface area contributed by atoms with E-state index >= 15 is 0 Å². The van der Waals surface area contributed by atoms with E-state index in [9.17, 15) is 0 Å². The largest absolute Gasteiger partial charge is 0.497 e. The maximum absolute atomic E-state index is 5.78. The van der Waals surface area contributed by atoms with Gasteiger partial charge in [0.1, 0.15) is 11.6 Å². The number of hydrogen-bond donors (Lipinski definition) is 1. The molecule has 0 saturated carbocycles. The first-order chi connectivity index (χ1) is 8.17. The molecule has 0 spiro atoms. The van der Waals surface area contributed by atoms with Gasteiger partial charge in [-0.05, 0) is 19.1 Å². The number of aromatic nitrogens is 2. The summed E-state index contributed by atoms with van der Waals surface area (Å²) >= 11 is 0. The molecule has 0 aliphatic rings. The van der Waals surface area contributed by atoms with Crippen LogP contribution in [0, 0.1) is 6.92 Å². The predicted molar refractivity (Wildman–Crippen MR) is 67.8 cm³/mol. The predicted octanol–water partition coefficient (Wildman–Crippen LogP) is 1.86. The Morgan fingerprint density at radius 2 is 2.18 bits per heavy atom. The van der Waals surface area contributed by atoms with E-state index in [2.05, 4.69) is 4.98 Å². The summed E-state index contributed by atoms with van der Waals surface area (Å²) in [4.78, 5) is 4.55. The van der Waals surface area contributed by atoms with Gasteiger partial charge in [-0.1, -0.05) is 12.1 Å². The van der Waals surface area contributed by atoms with E-state index in [-0.39, 0.29) is 0 Å². The Balaban J connectivity index is 2.55. The van der Waals surface area contributed by atoms with E-state index in [1.165, 1.54) is 0 Å². The summed E-state index contributed by atoms with van der Waals surface area (Å²) in [7, 11) is 3.64. The normalized spacial score (nSPS) is 10.6. The molecule has 0 radical (unpaired) electrons. The fraction of sp³-hybridized carbons (Fsp3) is 0.308. The number of imidazole rings is 1. The molecule has 0 aliphatic carbocycles. The zero-order chi connectivity index (χ0) is 12.4. The highest BCUT2D eigenvalue weighted by atomic mass is 16.5. The molecule has 2 rings (SSSR count). The van der Waals surface area contributed by atoms with Crippen LogP contribution >= 0.6 is 0 Å². The molecule has 0 unspecified atom stereocenters. The van der Waals surface area contributed by atoms with Crippen LogP contribution in [-0.4, -0.2) is 16.7 Å². The Kier molecular flexibility index (Phi) is 3.15. The zero-order valence-electron chi connectivity index (χ0n) is 10.4. The zero-order valence-corrected chi connectivity index (χ0v) is 10.4. The van der Waals surface area contributed by atoms with Crippen molar-refractivity contribution >= 4 is 0 Å². The third kappa shape index (κ3) is 2.03. The van der Waals surface area contributed by atoms with Crippen molar-refractivity contribution in [2.24, 2.45) is 12.8 Å². The molecule has 0 bridgehead atoms. The molecule has 0 atom stereocenters. The quantitative estimate of drug-likeness (QED) is 0.877. The van der Waals surface area contributed by atoms with Crippen molar-refractivity contribution in [3.8, 4) is 17.0 Å². The summed E-state index contributed by atoms with van der Waals surface area (Å²) in [5.41, 5.74) is 8.79. The van der Waals surface area contributed by atoms with Crippen LogP contribution in [0.2, 0.25) is 0 Å². The second-order valence-electron chi connectivity index (χ2n) is 3.95. The Labute approximate surface area is 101 Å². The number of hydrogen-bond acceptors (Lipinski definition) is 3. The highest BCUT2D eigenvalue weighted by Crippen LogP contribution is 2.26. The van der Waals surface area contributed by atoms with Crippen LogP contribution in [0.1, 0.15) is 11.5 Å². The molecule has 1 heterocycles. The second-order valence-corrected chi connectivity index (χ2v) is 3.95. The highest BCUT2D eigenvalue weighted by molar-refractivity contribution is 5.64. The molecular formula is C13H17N3O. The third-order valence-corrected chi connectivity index (χ3v) is 2.97. The van der Waals surface area contributed by atoms with Crippen molar-refractivity contribution in [2.45, 2.75) is 13.5 Å². The lowest BCUT2D eigenvalue weighted by atomic mass is 10.1. The average Bonchev–Trinajstić information content (AvgIpc) is 2.65. The summed E-state index contributed by atoms with van der Waals surface area (Å²) in [6.07, 6.45) is 0. The van der Waals surface area contributed by atoms with E-state index in [4.69, 9.17) is 10.5 Å². The number of rotatable bonds is 3. The van der Waals surface area contributed by atoms with Crippen LogP contribution in [0.25, 0.3) is 11.3 Å². The molecule has 1 aromatic heterocycles. The molecular weight excluding hydrogens is 214 g/mol. The Bertz CT molecular complexity index is 531. The van der Waals surface area contributed by atoms with Crippen LogP contribution in [0.15, 0.2) is 24.3 Å². The van der Waals surface area contributed by atoms with Gasteiger partial charge in [0.2, 0.25) is 0 Å². The van der Waals surface area contributed by atoms with Gasteiger partial charge in [0.15, 0.2) is 0 Å². The molecule has 0 aliphatic heterocycles. The molecule has 17 heavy (non-hydrogen) atoms. The maximum Gasteiger partial charge on any atom is 0.119 e. The number of nitrogens with zero attached hydrogens (tertiary/aromatic N) is 2. The first-order valence-corrected chi connectivity index (χ1v) is 5.54. The van der Waals surface area contributed by atoms with Crippen molar-refractivity contribution in [3.63, 3.8) is 0 Å². The third-order valence-electron chi connectivity index (χ3n) is 2.97. The van der Waals surface area contributed by atoms with Crippen LogP contribution in [0.5, 0.6) is 5.75 Å². The molecule has 90 valence electrons. The number of ether oxygens (including phenoxy) is 1. The lowest BCUT2D eigenvalue weighted by molar-refractivity contribution is 0.415. The minimum absolute atomic E-state index is 0.476. The standard InChI is InChI=1S/C13H17N3O/c1-9-15-13(12(8-14)16(9)2)10-5-4-6-11(7-10)17-3/h4-7H,8,14H2,1-3H3. The van der Waals surface area contributed by atoms with Crippen molar-refractivity contribution in [1.82, 2.24) is 9.55 Å². The first kappa shape index (κ1) is 11.7. The number of methoxy groups -OCH3 is 1. The molecule has 0 amide bonds.